The van der Waals surface area contributed by atoms with E-state index in [1.54, 1.807) is 0 Å². The van der Waals surface area contributed by atoms with Crippen LogP contribution in [-0.2, 0) is 22.7 Å². The number of hydrogen-bond donors (Lipinski definition) is 6. The van der Waals surface area contributed by atoms with Gasteiger partial charge in [0.1, 0.15) is 17.8 Å². The molecule has 0 amide bonds. The lowest BCUT2D eigenvalue weighted by molar-refractivity contribution is -0.0986. The van der Waals surface area contributed by atoms with Gasteiger partial charge in [0.05, 0.1) is 6.61 Å². The van der Waals surface area contributed by atoms with E-state index in [1.165, 1.54) is 0 Å². The molecule has 1 aliphatic heterocycles. The molecule has 26 heavy (non-hydrogen) atoms. The van der Waals surface area contributed by atoms with E-state index in [-0.39, 0.29) is 0 Å². The van der Waals surface area contributed by atoms with Crippen LogP contribution < -0.4 is 11.2 Å². The van der Waals surface area contributed by atoms with Gasteiger partial charge in [-0.05, 0) is 6.92 Å². The van der Waals surface area contributed by atoms with Crippen molar-refractivity contribution in [3.05, 3.63) is 33.1 Å². The van der Waals surface area contributed by atoms with Crippen molar-refractivity contribution in [2.45, 2.75) is 31.0 Å². The van der Waals surface area contributed by atoms with Crippen LogP contribution in [0.4, 0.5) is 0 Å². The normalized spacial score (nSPS) is 31.7. The third-order valence-electron chi connectivity index (χ3n) is 3.47. The molecule has 0 radical (unpaired) electrons. The molecule has 6 N–H and O–H groups in total. The second kappa shape index (κ2) is 7.09. The van der Waals surface area contributed by atoms with Crippen LogP contribution in [0.25, 0.3) is 0 Å². The summed E-state index contributed by atoms with van der Waals surface area (Å²) in [5, 5.41) is 20.5. The minimum atomic E-state index is -5.33. The quantitative estimate of drug-likeness (QED) is 0.271. The average molecular weight is 418 g/mol. The second-order valence-electron chi connectivity index (χ2n) is 5.55. The van der Waals surface area contributed by atoms with Crippen molar-refractivity contribution in [2.24, 2.45) is 0 Å². The highest BCUT2D eigenvalue weighted by Gasteiger charge is 2.54. The molecule has 0 aliphatic carbocycles. The topological polar surface area (TPSA) is 218 Å². The number of rotatable bonds is 6. The van der Waals surface area contributed by atoms with E-state index < -0.39 is 57.5 Å². The zero-order valence-electron chi connectivity index (χ0n) is 13.0. The van der Waals surface area contributed by atoms with Crippen LogP contribution in [0.1, 0.15) is 13.2 Å². The Kier molecular flexibility index (Phi) is 5.76. The van der Waals surface area contributed by atoms with Gasteiger partial charge in [0.15, 0.2) is 6.23 Å². The molecule has 1 aromatic rings. The Balaban J connectivity index is 2.18. The minimum absolute atomic E-state index is 0.708. The van der Waals surface area contributed by atoms with E-state index in [2.05, 4.69) is 8.83 Å². The van der Waals surface area contributed by atoms with Gasteiger partial charge < -0.3 is 29.6 Å². The standard InChI is InChI=1S/C10H16N2O12P2/c1-10(16)7(14)5(4-22-26(20,21)24-25(17,18)19)23-8(10)12-3-2-6(13)11-9(12)15/h2-3,5,7-8,14,16H,4H2,1H3,(H,20,21)(H,11,13,15)(H2,17,18,19). The van der Waals surface area contributed by atoms with Crippen LogP contribution in [0, 0.1) is 0 Å². The van der Waals surface area contributed by atoms with E-state index in [0.29, 0.717) is 0 Å². The number of aromatic amines is 1. The van der Waals surface area contributed by atoms with Gasteiger partial charge in [0.2, 0.25) is 0 Å². The molecule has 14 nitrogen and oxygen atoms in total. The third-order valence-corrected chi connectivity index (χ3v) is 5.62. The summed E-state index contributed by atoms with van der Waals surface area (Å²) in [7, 11) is -10.5. The van der Waals surface area contributed by atoms with E-state index in [4.69, 9.17) is 14.5 Å². The van der Waals surface area contributed by atoms with Gasteiger partial charge in [-0.2, -0.15) is 4.31 Å². The molecule has 5 atom stereocenters. The smallest absolute Gasteiger partial charge is 0.387 e. The predicted molar refractivity (Wildman–Crippen MR) is 80.8 cm³/mol. The number of nitrogens with one attached hydrogen (secondary N) is 1. The highest BCUT2D eigenvalue weighted by molar-refractivity contribution is 7.60. The molecular weight excluding hydrogens is 402 g/mol. The van der Waals surface area contributed by atoms with Gasteiger partial charge in [0, 0.05) is 12.3 Å². The van der Waals surface area contributed by atoms with Gasteiger partial charge >= 0.3 is 21.3 Å². The third kappa shape index (κ3) is 4.75. The Labute approximate surface area is 144 Å². The molecule has 0 aromatic carbocycles. The fourth-order valence-electron chi connectivity index (χ4n) is 2.32. The van der Waals surface area contributed by atoms with Crippen molar-refractivity contribution >= 4 is 15.6 Å². The molecule has 16 heteroatoms. The molecule has 1 saturated heterocycles. The first-order valence-electron chi connectivity index (χ1n) is 6.84. The van der Waals surface area contributed by atoms with Crippen molar-refractivity contribution in [1.29, 1.82) is 0 Å². The number of H-pyrrole nitrogens is 1. The number of aliphatic hydroxyl groups is 2. The maximum atomic E-state index is 11.8. The summed E-state index contributed by atoms with van der Waals surface area (Å²) in [5.41, 5.74) is -3.74. The van der Waals surface area contributed by atoms with Crippen molar-refractivity contribution in [3.8, 4) is 0 Å². The average Bonchev–Trinajstić information content (AvgIpc) is 2.66. The van der Waals surface area contributed by atoms with Crippen LogP contribution in [0.3, 0.4) is 0 Å². The molecule has 1 aromatic heterocycles. The Hall–Kier alpha value is -1.18. The zero-order valence-corrected chi connectivity index (χ0v) is 14.8. The fourth-order valence-corrected chi connectivity index (χ4v) is 3.91. The molecule has 0 saturated carbocycles. The molecule has 2 rings (SSSR count). The van der Waals surface area contributed by atoms with Crippen molar-refractivity contribution in [2.75, 3.05) is 6.61 Å². The first kappa shape index (κ1) is 21.1. The lowest BCUT2D eigenvalue weighted by Gasteiger charge is -2.27. The van der Waals surface area contributed by atoms with Gasteiger partial charge in [0.25, 0.3) is 5.56 Å². The number of phosphoric acid groups is 2. The maximum absolute atomic E-state index is 11.8. The van der Waals surface area contributed by atoms with Crippen LogP contribution in [0.15, 0.2) is 21.9 Å². The maximum Gasteiger partial charge on any atom is 0.481 e. The van der Waals surface area contributed by atoms with Crippen molar-refractivity contribution in [1.82, 2.24) is 9.55 Å². The summed E-state index contributed by atoms with van der Waals surface area (Å²) in [6.45, 7) is 0.185. The molecule has 0 spiro atoms. The number of hydrogen-bond acceptors (Lipinski definition) is 9. The zero-order chi connectivity index (χ0) is 19.9. The summed E-state index contributed by atoms with van der Waals surface area (Å²) in [6.07, 6.45) is -3.71. The van der Waals surface area contributed by atoms with Crippen molar-refractivity contribution < 1.29 is 47.6 Å². The Bertz CT molecular complexity index is 871. The van der Waals surface area contributed by atoms with E-state index in [9.17, 15) is 33.8 Å². The molecular formula is C10H16N2O12P2. The summed E-state index contributed by atoms with van der Waals surface area (Å²) in [5.74, 6) is 0. The molecule has 148 valence electrons. The molecule has 1 aliphatic rings. The first-order chi connectivity index (χ1) is 11.7. The number of phosphoric ester groups is 1. The van der Waals surface area contributed by atoms with Gasteiger partial charge in [-0.15, -0.1) is 0 Å². The summed E-state index contributed by atoms with van der Waals surface area (Å²) < 4.78 is 36.0. The van der Waals surface area contributed by atoms with E-state index in [0.717, 1.165) is 23.8 Å². The monoisotopic (exact) mass is 418 g/mol. The summed E-state index contributed by atoms with van der Waals surface area (Å²) in [4.78, 5) is 51.1. The number of ether oxygens (including phenoxy) is 1. The SMILES string of the molecule is CC1(O)C(O)C(COP(=O)(O)OP(=O)(O)O)OC1n1ccc(=O)[nH]c1=O. The second-order valence-corrected chi connectivity index (χ2v) is 8.38. The predicted octanol–water partition coefficient (Wildman–Crippen LogP) is -2.23. The number of aliphatic hydroxyl groups excluding tert-OH is 1. The molecule has 0 bridgehead atoms. The highest BCUT2D eigenvalue weighted by atomic mass is 31.3. The van der Waals surface area contributed by atoms with Crippen LogP contribution in [-0.4, -0.2) is 58.9 Å². The minimum Gasteiger partial charge on any atom is -0.387 e. The van der Waals surface area contributed by atoms with Crippen LogP contribution in [0.5, 0.6) is 0 Å². The number of aromatic nitrogens is 2. The molecule has 2 heterocycles. The molecule has 5 unspecified atom stereocenters. The Morgan fingerprint density at radius 1 is 1.35 bits per heavy atom. The largest absolute Gasteiger partial charge is 0.481 e. The van der Waals surface area contributed by atoms with Gasteiger partial charge in [-0.3, -0.25) is 18.9 Å². The molecule has 1 fully saturated rings. The van der Waals surface area contributed by atoms with Gasteiger partial charge in [-0.25, -0.2) is 13.9 Å². The number of nitrogens with zero attached hydrogens (tertiary/aromatic N) is 1. The van der Waals surface area contributed by atoms with Crippen molar-refractivity contribution in [3.63, 3.8) is 0 Å². The lowest BCUT2D eigenvalue weighted by atomic mass is 9.96. The first-order valence-corrected chi connectivity index (χ1v) is 9.87. The summed E-state index contributed by atoms with van der Waals surface area (Å²) in [6, 6.07) is 0.965. The Morgan fingerprint density at radius 3 is 2.50 bits per heavy atom. The summed E-state index contributed by atoms with van der Waals surface area (Å²) >= 11 is 0. The van der Waals surface area contributed by atoms with E-state index >= 15 is 0 Å². The fraction of sp³-hybridized carbons (Fsp3) is 0.600. The van der Waals surface area contributed by atoms with Gasteiger partial charge in [-0.1, -0.05) is 0 Å². The highest BCUT2D eigenvalue weighted by Crippen LogP contribution is 2.57. The lowest BCUT2D eigenvalue weighted by Crippen LogP contribution is -2.46. The van der Waals surface area contributed by atoms with E-state index in [1.807, 2.05) is 4.98 Å². The van der Waals surface area contributed by atoms with Crippen LogP contribution >= 0.6 is 15.6 Å². The van der Waals surface area contributed by atoms with Crippen LogP contribution in [0.2, 0.25) is 0 Å². The Morgan fingerprint density at radius 2 is 1.96 bits per heavy atom.